The highest BCUT2D eigenvalue weighted by atomic mass is 14.6. The van der Waals surface area contributed by atoms with Crippen LogP contribution in [0.1, 0.15) is 25.0 Å². The third kappa shape index (κ3) is 2.62. The standard InChI is InChI=1S/C12H17N/c1-9(2)7-8-11-10(3)5-4-6-12(11)13/h4-9H,13H2,1-3H3/b8-7-. The first kappa shape index (κ1) is 9.85. The maximum absolute atomic E-state index is 5.86. The summed E-state index contributed by atoms with van der Waals surface area (Å²) in [6.45, 7) is 6.40. The molecule has 0 fully saturated rings. The van der Waals surface area contributed by atoms with Crippen LogP contribution in [0.2, 0.25) is 0 Å². The number of nitrogens with two attached hydrogens (primary N) is 1. The van der Waals surface area contributed by atoms with E-state index >= 15 is 0 Å². The van der Waals surface area contributed by atoms with E-state index in [9.17, 15) is 0 Å². The quantitative estimate of drug-likeness (QED) is 0.686. The normalized spacial score (nSPS) is 11.4. The van der Waals surface area contributed by atoms with E-state index in [2.05, 4.69) is 39.0 Å². The third-order valence-electron chi connectivity index (χ3n) is 2.01. The highest BCUT2D eigenvalue weighted by Gasteiger charge is 1.97. The Morgan fingerprint density at radius 1 is 1.31 bits per heavy atom. The molecule has 0 spiro atoms. The van der Waals surface area contributed by atoms with Crippen molar-refractivity contribution in [3.63, 3.8) is 0 Å². The molecule has 0 saturated heterocycles. The average molecular weight is 175 g/mol. The zero-order valence-electron chi connectivity index (χ0n) is 8.54. The molecule has 0 heterocycles. The molecule has 1 aromatic rings. The van der Waals surface area contributed by atoms with Gasteiger partial charge in [-0.15, -0.1) is 0 Å². The van der Waals surface area contributed by atoms with Gasteiger partial charge < -0.3 is 5.73 Å². The van der Waals surface area contributed by atoms with Gasteiger partial charge in [-0.1, -0.05) is 38.1 Å². The van der Waals surface area contributed by atoms with E-state index in [1.165, 1.54) is 5.56 Å². The Morgan fingerprint density at radius 3 is 2.54 bits per heavy atom. The van der Waals surface area contributed by atoms with Gasteiger partial charge in [0.25, 0.3) is 0 Å². The number of aryl methyl sites for hydroxylation is 1. The maximum atomic E-state index is 5.86. The van der Waals surface area contributed by atoms with Gasteiger partial charge >= 0.3 is 0 Å². The molecule has 2 N–H and O–H groups in total. The smallest absolute Gasteiger partial charge is 0.0390 e. The SMILES string of the molecule is Cc1cccc(N)c1/C=C\C(C)C. The minimum absolute atomic E-state index is 0.569. The topological polar surface area (TPSA) is 26.0 Å². The van der Waals surface area contributed by atoms with Crippen molar-refractivity contribution in [2.24, 2.45) is 5.92 Å². The fourth-order valence-electron chi connectivity index (χ4n) is 1.22. The first-order chi connectivity index (χ1) is 6.11. The van der Waals surface area contributed by atoms with E-state index in [-0.39, 0.29) is 0 Å². The van der Waals surface area contributed by atoms with Crippen LogP contribution in [0.4, 0.5) is 5.69 Å². The lowest BCUT2D eigenvalue weighted by molar-refractivity contribution is 0.836. The molecule has 0 saturated carbocycles. The highest BCUT2D eigenvalue weighted by molar-refractivity contribution is 5.67. The van der Waals surface area contributed by atoms with Crippen LogP contribution in [-0.4, -0.2) is 0 Å². The molecule has 1 aromatic carbocycles. The minimum Gasteiger partial charge on any atom is -0.398 e. The molecule has 13 heavy (non-hydrogen) atoms. The lowest BCUT2D eigenvalue weighted by Crippen LogP contribution is -1.91. The van der Waals surface area contributed by atoms with Gasteiger partial charge in [0.1, 0.15) is 0 Å². The van der Waals surface area contributed by atoms with Crippen LogP contribution in [-0.2, 0) is 0 Å². The largest absolute Gasteiger partial charge is 0.398 e. The summed E-state index contributed by atoms with van der Waals surface area (Å²) in [6.07, 6.45) is 4.27. The van der Waals surface area contributed by atoms with Crippen molar-refractivity contribution in [1.29, 1.82) is 0 Å². The van der Waals surface area contributed by atoms with E-state index in [1.54, 1.807) is 0 Å². The van der Waals surface area contributed by atoms with Crippen LogP contribution in [0.3, 0.4) is 0 Å². The van der Waals surface area contributed by atoms with E-state index < -0.39 is 0 Å². The summed E-state index contributed by atoms with van der Waals surface area (Å²) in [5, 5.41) is 0. The summed E-state index contributed by atoms with van der Waals surface area (Å²) in [4.78, 5) is 0. The Balaban J connectivity index is 3.00. The van der Waals surface area contributed by atoms with Crippen molar-refractivity contribution in [2.75, 3.05) is 5.73 Å². The van der Waals surface area contributed by atoms with Crippen LogP contribution in [0.5, 0.6) is 0 Å². The number of anilines is 1. The number of allylic oxidation sites excluding steroid dienone is 1. The predicted octanol–water partition coefficient (Wildman–Crippen LogP) is 3.25. The highest BCUT2D eigenvalue weighted by Crippen LogP contribution is 2.18. The number of hydrogen-bond donors (Lipinski definition) is 1. The van der Waals surface area contributed by atoms with Crippen molar-refractivity contribution in [3.05, 3.63) is 35.4 Å². The summed E-state index contributed by atoms with van der Waals surface area (Å²) in [5.41, 5.74) is 9.10. The number of benzene rings is 1. The lowest BCUT2D eigenvalue weighted by atomic mass is 10.0. The van der Waals surface area contributed by atoms with Gasteiger partial charge in [-0.3, -0.25) is 0 Å². The Kier molecular flexibility index (Phi) is 3.13. The number of hydrogen-bond acceptors (Lipinski definition) is 1. The van der Waals surface area contributed by atoms with Gasteiger partial charge in [-0.2, -0.15) is 0 Å². The molecule has 0 aliphatic carbocycles. The summed E-state index contributed by atoms with van der Waals surface area (Å²) in [7, 11) is 0. The zero-order valence-corrected chi connectivity index (χ0v) is 8.54. The molecule has 1 heteroatoms. The fraction of sp³-hybridized carbons (Fsp3) is 0.333. The fourth-order valence-corrected chi connectivity index (χ4v) is 1.22. The maximum Gasteiger partial charge on any atom is 0.0390 e. The molecular weight excluding hydrogens is 158 g/mol. The van der Waals surface area contributed by atoms with Crippen molar-refractivity contribution in [2.45, 2.75) is 20.8 Å². The second-order valence-electron chi connectivity index (χ2n) is 3.68. The molecule has 0 aliphatic heterocycles. The second-order valence-corrected chi connectivity index (χ2v) is 3.68. The van der Waals surface area contributed by atoms with Crippen LogP contribution < -0.4 is 5.73 Å². The molecule has 0 atom stereocenters. The molecule has 0 bridgehead atoms. The molecule has 70 valence electrons. The van der Waals surface area contributed by atoms with Gasteiger partial charge in [0, 0.05) is 5.69 Å². The molecular formula is C12H17N. The summed E-state index contributed by atoms with van der Waals surface area (Å²) < 4.78 is 0. The van der Waals surface area contributed by atoms with Crippen LogP contribution >= 0.6 is 0 Å². The van der Waals surface area contributed by atoms with Gasteiger partial charge in [0.05, 0.1) is 0 Å². The third-order valence-corrected chi connectivity index (χ3v) is 2.01. The first-order valence-corrected chi connectivity index (χ1v) is 4.64. The first-order valence-electron chi connectivity index (χ1n) is 4.64. The Morgan fingerprint density at radius 2 is 2.00 bits per heavy atom. The monoisotopic (exact) mass is 175 g/mol. The lowest BCUT2D eigenvalue weighted by Gasteiger charge is -2.04. The van der Waals surface area contributed by atoms with Crippen molar-refractivity contribution in [1.82, 2.24) is 0 Å². The molecule has 0 aliphatic rings. The summed E-state index contributed by atoms with van der Waals surface area (Å²) in [5.74, 6) is 0.569. The van der Waals surface area contributed by atoms with Crippen molar-refractivity contribution < 1.29 is 0 Å². The van der Waals surface area contributed by atoms with Gasteiger partial charge in [-0.25, -0.2) is 0 Å². The zero-order chi connectivity index (χ0) is 9.84. The number of nitrogen functional groups attached to an aromatic ring is 1. The number of rotatable bonds is 2. The molecule has 0 aromatic heterocycles. The Labute approximate surface area is 80.3 Å². The minimum atomic E-state index is 0.569. The van der Waals surface area contributed by atoms with Gasteiger partial charge in [-0.05, 0) is 30.0 Å². The summed E-state index contributed by atoms with van der Waals surface area (Å²) >= 11 is 0. The van der Waals surface area contributed by atoms with E-state index in [0.29, 0.717) is 5.92 Å². The molecule has 1 rings (SSSR count). The average Bonchev–Trinajstić information content (AvgIpc) is 2.03. The second kappa shape index (κ2) is 4.13. The van der Waals surface area contributed by atoms with Crippen LogP contribution in [0, 0.1) is 12.8 Å². The molecule has 0 amide bonds. The predicted molar refractivity (Wildman–Crippen MR) is 59.5 cm³/mol. The Hall–Kier alpha value is -1.24. The van der Waals surface area contributed by atoms with Gasteiger partial charge in [0.15, 0.2) is 0 Å². The van der Waals surface area contributed by atoms with Gasteiger partial charge in [0.2, 0.25) is 0 Å². The van der Waals surface area contributed by atoms with Crippen LogP contribution in [0.25, 0.3) is 6.08 Å². The summed E-state index contributed by atoms with van der Waals surface area (Å²) in [6, 6.07) is 6.00. The van der Waals surface area contributed by atoms with Crippen molar-refractivity contribution in [3.8, 4) is 0 Å². The van der Waals surface area contributed by atoms with Crippen LogP contribution in [0.15, 0.2) is 24.3 Å². The van der Waals surface area contributed by atoms with E-state index in [4.69, 9.17) is 5.73 Å². The molecule has 0 unspecified atom stereocenters. The molecule has 1 nitrogen and oxygen atoms in total. The van der Waals surface area contributed by atoms with E-state index in [0.717, 1.165) is 11.3 Å². The van der Waals surface area contributed by atoms with Crippen molar-refractivity contribution >= 4 is 11.8 Å². The van der Waals surface area contributed by atoms with E-state index in [1.807, 2.05) is 12.1 Å². The molecule has 0 radical (unpaired) electrons. The Bertz CT molecular complexity index is 291.